The third-order valence-corrected chi connectivity index (χ3v) is 12.8. The normalized spacial score (nSPS) is 15.1. The quantitative estimate of drug-likeness (QED) is 0.149. The molecule has 0 bridgehead atoms. The Morgan fingerprint density at radius 3 is 2.22 bits per heavy atom. The first-order valence-electron chi connectivity index (χ1n) is 26.5. The first kappa shape index (κ1) is 38.6. The molecule has 7 aromatic carbocycles. The molecule has 5 heteroatoms. The Hall–Kier alpha value is -6.39. The van der Waals surface area contributed by atoms with Crippen molar-refractivity contribution >= 4 is 33.0 Å². The smallest absolute Gasteiger partial charge is 0.121 e. The number of nitrogens with zero attached hydrogens (tertiary/aromatic N) is 3. The second kappa shape index (κ2) is 18.3. The van der Waals surface area contributed by atoms with E-state index in [0.29, 0.717) is 17.0 Å². The number of fused-ring (bicyclic) bond motifs is 8. The number of aryl methyl sites for hydroxylation is 1. The topological polar surface area (TPSA) is 43.9 Å². The van der Waals surface area contributed by atoms with Gasteiger partial charge in [0, 0.05) is 52.4 Å². The Labute approximate surface area is 425 Å². The van der Waals surface area contributed by atoms with Crippen LogP contribution < -0.4 is 0 Å². The summed E-state index contributed by atoms with van der Waals surface area (Å²) in [5.41, 5.74) is 15.4. The largest absolute Gasteiger partial charge is 0.501 e. The maximum atomic E-state index is 8.83. The fourth-order valence-corrected chi connectivity index (χ4v) is 9.73. The van der Waals surface area contributed by atoms with Gasteiger partial charge in [0.15, 0.2) is 0 Å². The fourth-order valence-electron chi connectivity index (χ4n) is 9.73. The average molecular weight is 1070 g/mol. The maximum absolute atomic E-state index is 8.83. The molecular weight excluding hydrogens is 1010 g/mol. The van der Waals surface area contributed by atoms with Gasteiger partial charge in [0.25, 0.3) is 0 Å². The number of imidazole rings is 1. The van der Waals surface area contributed by atoms with Gasteiger partial charge in [-0.2, -0.15) is 0 Å². The second-order valence-electron chi connectivity index (χ2n) is 19.6. The van der Waals surface area contributed by atoms with Gasteiger partial charge in [0.2, 0.25) is 0 Å². The zero-order valence-electron chi connectivity index (χ0n) is 47.0. The minimum absolute atomic E-state index is 0. The molecule has 11 rings (SSSR count). The molecule has 0 aliphatic heterocycles. The Bertz CT molecular complexity index is 3740. The summed E-state index contributed by atoms with van der Waals surface area (Å²) >= 11 is 0. The summed E-state index contributed by atoms with van der Waals surface area (Å²) in [4.78, 5) is 9.59. The molecule has 1 aliphatic rings. The van der Waals surface area contributed by atoms with Crippen molar-refractivity contribution < 1.29 is 34.1 Å². The van der Waals surface area contributed by atoms with Gasteiger partial charge in [0.05, 0.1) is 22.4 Å². The van der Waals surface area contributed by atoms with Crippen LogP contribution in [-0.2, 0) is 31.9 Å². The van der Waals surface area contributed by atoms with Gasteiger partial charge in [-0.1, -0.05) is 171 Å². The number of para-hydroxylation sites is 3. The number of benzene rings is 7. The number of pyridine rings is 1. The van der Waals surface area contributed by atoms with E-state index in [1.165, 1.54) is 28.3 Å². The van der Waals surface area contributed by atoms with Crippen molar-refractivity contribution in [3.8, 4) is 50.6 Å². The average Bonchev–Trinajstić information content (AvgIpc) is 4.01. The molecule has 3 heterocycles. The van der Waals surface area contributed by atoms with E-state index in [2.05, 4.69) is 74.5 Å². The zero-order chi connectivity index (χ0) is 52.9. The van der Waals surface area contributed by atoms with E-state index in [0.717, 1.165) is 72.2 Å². The van der Waals surface area contributed by atoms with E-state index in [-0.39, 0.29) is 31.1 Å². The number of aromatic nitrogens is 3. The van der Waals surface area contributed by atoms with E-state index in [4.69, 9.17) is 24.0 Å². The molecule has 4 nitrogen and oxygen atoms in total. The van der Waals surface area contributed by atoms with Crippen LogP contribution in [-0.4, -0.2) is 14.5 Å². The molecule has 0 N–H and O–H groups in total. The van der Waals surface area contributed by atoms with E-state index >= 15 is 0 Å². The molecule has 0 spiro atoms. The van der Waals surface area contributed by atoms with Gasteiger partial charge in [-0.15, -0.1) is 53.6 Å². The van der Waals surface area contributed by atoms with Gasteiger partial charge in [0.1, 0.15) is 5.58 Å². The van der Waals surface area contributed by atoms with Crippen LogP contribution in [0.4, 0.5) is 0 Å². The molecule has 10 aromatic rings. The van der Waals surface area contributed by atoms with Gasteiger partial charge >= 0.3 is 0 Å². The number of hydrogen-bond donors (Lipinski definition) is 0. The summed E-state index contributed by atoms with van der Waals surface area (Å²) in [5.74, 6) is -1.25. The van der Waals surface area contributed by atoms with Crippen LogP contribution in [0.1, 0.15) is 117 Å². The van der Waals surface area contributed by atoms with Crippen LogP contribution >= 0.6 is 0 Å². The first-order chi connectivity index (χ1) is 34.8. The third-order valence-electron chi connectivity index (χ3n) is 12.8. The molecule has 1 aliphatic carbocycles. The van der Waals surface area contributed by atoms with Crippen LogP contribution in [0.2, 0.25) is 0 Å². The molecule has 0 fully saturated rings. The van der Waals surface area contributed by atoms with Crippen LogP contribution in [0.5, 0.6) is 0 Å². The summed E-state index contributed by atoms with van der Waals surface area (Å²) in [5, 5.41) is 2.21. The summed E-state index contributed by atoms with van der Waals surface area (Å²) < 4.78 is 66.4. The SMILES string of the molecule is [2H]C([2H])([2H])c1c[c-]c(-c2nc3ccccc3n2-c2c(C([2H])(C)C)cccc2C([2H])(C)C)cc1.[2H]C([2H])(c1ccc(-c2ccnc(-c3[c-]ccc4c3oc3ccc5c(c34)-c3ccccc3C5(C)C)c2)cc1)C(C)(C)C.[Ir]. The van der Waals surface area contributed by atoms with Crippen molar-refractivity contribution in [2.45, 2.75) is 92.7 Å². The van der Waals surface area contributed by atoms with Gasteiger partial charge in [-0.25, -0.2) is 0 Å². The van der Waals surface area contributed by atoms with E-state index in [9.17, 15) is 0 Å². The van der Waals surface area contributed by atoms with E-state index in [1.807, 2.05) is 138 Å². The summed E-state index contributed by atoms with van der Waals surface area (Å²) in [7, 11) is 0. The summed E-state index contributed by atoms with van der Waals surface area (Å²) in [6.07, 6.45) is 0.384. The number of hydrogen-bond acceptors (Lipinski definition) is 3. The van der Waals surface area contributed by atoms with Crippen LogP contribution in [0.25, 0.3) is 83.6 Å². The van der Waals surface area contributed by atoms with Crippen molar-refractivity contribution in [2.24, 2.45) is 5.41 Å². The minimum Gasteiger partial charge on any atom is -0.501 e. The third kappa shape index (κ3) is 8.46. The van der Waals surface area contributed by atoms with Gasteiger partial charge in [-0.3, -0.25) is 4.98 Å². The molecule has 0 amide bonds. The van der Waals surface area contributed by atoms with Crippen molar-refractivity contribution in [2.75, 3.05) is 0 Å². The van der Waals surface area contributed by atoms with Crippen LogP contribution in [0.3, 0.4) is 0 Å². The molecule has 0 unspecified atom stereocenters. The molecule has 1 radical (unpaired) electrons. The molecule has 0 atom stereocenters. The van der Waals surface area contributed by atoms with Crippen molar-refractivity contribution in [1.82, 2.24) is 14.5 Å². The van der Waals surface area contributed by atoms with Gasteiger partial charge in [-0.05, 0) is 104 Å². The monoisotopic (exact) mass is 1070 g/mol. The number of rotatable bonds is 7. The predicted octanol–water partition coefficient (Wildman–Crippen LogP) is 17.1. The van der Waals surface area contributed by atoms with Crippen molar-refractivity contribution in [3.63, 3.8) is 0 Å². The molecule has 68 heavy (non-hydrogen) atoms. The Balaban J connectivity index is 0.000000186. The second-order valence-corrected chi connectivity index (χ2v) is 19.6. The van der Waals surface area contributed by atoms with Crippen LogP contribution in [0.15, 0.2) is 156 Å². The molecule has 3 aromatic heterocycles. The van der Waals surface area contributed by atoms with Crippen molar-refractivity contribution in [1.29, 1.82) is 0 Å². The predicted molar refractivity (Wildman–Crippen MR) is 280 cm³/mol. The Morgan fingerprint density at radius 1 is 0.779 bits per heavy atom. The minimum atomic E-state index is -2.21. The van der Waals surface area contributed by atoms with Gasteiger partial charge < -0.3 is 14.0 Å². The summed E-state index contributed by atoms with van der Waals surface area (Å²) in [6.45, 7) is 15.5. The maximum Gasteiger partial charge on any atom is 0.121 e. The molecule has 343 valence electrons. The molecular formula is C63H59IrN3O-2. The Morgan fingerprint density at radius 2 is 1.51 bits per heavy atom. The molecule has 0 saturated heterocycles. The molecule has 0 saturated carbocycles. The van der Waals surface area contributed by atoms with Crippen LogP contribution in [0, 0.1) is 24.4 Å². The van der Waals surface area contributed by atoms with E-state index < -0.39 is 30.4 Å². The summed E-state index contributed by atoms with van der Waals surface area (Å²) in [6, 6.07) is 53.7. The first-order valence-corrected chi connectivity index (χ1v) is 23.0. The number of furan rings is 1. The fraction of sp³-hybridized carbons (Fsp3) is 0.238. The zero-order valence-corrected chi connectivity index (χ0v) is 42.4. The standard InChI is InChI=1S/C37H32NO.C26H27N2.Ir/c1-36(2,3)22-23-13-15-24(16-14-23)25-19-20-38-31(21-25)27-10-8-11-28-34-32(39-35(27)28)18-17-30-33(34)26-9-6-7-12-29(26)37(30,4)5;1-17(2)21-9-8-10-22(18(3)4)25(21)28-24-12-7-6-11-23(24)27-26(28)20-15-13-19(5)14-16-20;/h6-9,11-21H,22H2,1-5H3;6-15,17-18H,1-5H3;/q2*-1;/i22D2;5D3,17D,18D;. The van der Waals surface area contributed by atoms with E-state index in [1.54, 1.807) is 12.1 Å². The Kier molecular flexibility index (Phi) is 10.4. The van der Waals surface area contributed by atoms with Crippen molar-refractivity contribution in [3.05, 3.63) is 197 Å².